The molecule has 11 nitrogen and oxygen atoms in total. The molecule has 0 fully saturated rings. The summed E-state index contributed by atoms with van der Waals surface area (Å²) in [6.07, 6.45) is -2.52. The van der Waals surface area contributed by atoms with E-state index in [1.54, 1.807) is 11.8 Å². The minimum Gasteiger partial charge on any atom is -0.305 e. The van der Waals surface area contributed by atoms with Crippen LogP contribution in [-0.4, -0.2) is 44.4 Å². The molecular formula is C16H15F3N6O5S. The minimum absolute atomic E-state index is 0.0214. The van der Waals surface area contributed by atoms with Crippen molar-refractivity contribution in [3.63, 3.8) is 0 Å². The Morgan fingerprint density at radius 3 is 2.42 bits per heavy atom. The lowest BCUT2D eigenvalue weighted by molar-refractivity contribution is -0.137. The number of sulfonamides is 1. The third-order valence-electron chi connectivity index (χ3n) is 4.13. The second-order valence-corrected chi connectivity index (χ2v) is 8.19. The molecule has 2 N–H and O–H groups in total. The fourth-order valence-electron chi connectivity index (χ4n) is 2.84. The van der Waals surface area contributed by atoms with Gasteiger partial charge in [0, 0.05) is 6.42 Å². The highest BCUT2D eigenvalue weighted by Gasteiger charge is 2.35. The summed E-state index contributed by atoms with van der Waals surface area (Å²) in [5.41, 5.74) is -4.71. The maximum Gasteiger partial charge on any atom is 0.418 e. The normalized spacial score (nSPS) is 12.3. The first-order valence-electron chi connectivity index (χ1n) is 8.70. The highest BCUT2D eigenvalue weighted by molar-refractivity contribution is 7.93. The highest BCUT2D eigenvalue weighted by Crippen LogP contribution is 2.35. The third-order valence-corrected chi connectivity index (χ3v) is 5.29. The summed E-state index contributed by atoms with van der Waals surface area (Å²) in [4.78, 5) is 40.3. The van der Waals surface area contributed by atoms with E-state index < -0.39 is 61.1 Å². The van der Waals surface area contributed by atoms with Gasteiger partial charge in [0.15, 0.2) is 0 Å². The monoisotopic (exact) mass is 460 g/mol. The van der Waals surface area contributed by atoms with E-state index in [0.29, 0.717) is 12.5 Å². The summed E-state index contributed by atoms with van der Waals surface area (Å²) in [5, 5.41) is 6.44. The van der Waals surface area contributed by atoms with Gasteiger partial charge >= 0.3 is 11.9 Å². The molecule has 31 heavy (non-hydrogen) atoms. The number of nitrogens with zero attached hydrogens (tertiary/aromatic N) is 4. The van der Waals surface area contributed by atoms with E-state index in [0.717, 1.165) is 23.3 Å². The number of aromatic nitrogens is 5. The maximum absolute atomic E-state index is 13.5. The Balaban J connectivity index is 2.18. The molecule has 0 atom stereocenters. The van der Waals surface area contributed by atoms with Crippen molar-refractivity contribution >= 4 is 26.7 Å². The van der Waals surface area contributed by atoms with E-state index in [1.165, 1.54) is 0 Å². The number of Topliss-reactive ketones (excluding diaryl/α,β-unsaturated/α-hetero) is 1. The van der Waals surface area contributed by atoms with Gasteiger partial charge in [0.2, 0.25) is 0 Å². The first kappa shape index (κ1) is 22.2. The number of benzene rings is 1. The van der Waals surface area contributed by atoms with Crippen molar-refractivity contribution in [3.05, 3.63) is 51.2 Å². The van der Waals surface area contributed by atoms with Crippen LogP contribution in [0.5, 0.6) is 0 Å². The lowest BCUT2D eigenvalue weighted by atomic mass is 10.1. The zero-order valence-electron chi connectivity index (χ0n) is 15.8. The molecule has 166 valence electrons. The number of hydrogen-bond acceptors (Lipinski definition) is 7. The molecule has 0 unspecified atom stereocenters. The zero-order valence-corrected chi connectivity index (χ0v) is 16.6. The molecule has 0 aliphatic heterocycles. The second kappa shape index (κ2) is 7.98. The fourth-order valence-corrected chi connectivity index (χ4v) is 3.91. The number of nitrogens with one attached hydrogen (secondary N) is 2. The maximum atomic E-state index is 13.5. The summed E-state index contributed by atoms with van der Waals surface area (Å²) < 4.78 is 65.8. The van der Waals surface area contributed by atoms with Gasteiger partial charge in [-0.2, -0.15) is 17.8 Å². The van der Waals surface area contributed by atoms with Crippen molar-refractivity contribution < 1.29 is 26.4 Å². The van der Waals surface area contributed by atoms with E-state index in [4.69, 9.17) is 0 Å². The van der Waals surface area contributed by atoms with Crippen molar-refractivity contribution in [2.75, 3.05) is 10.6 Å². The molecule has 0 saturated heterocycles. The van der Waals surface area contributed by atoms with Crippen LogP contribution in [0.1, 0.15) is 25.3 Å². The number of fused-ring (bicyclic) bond motifs is 1. The van der Waals surface area contributed by atoms with Crippen molar-refractivity contribution in [2.24, 2.45) is 0 Å². The molecule has 0 radical (unpaired) electrons. The molecule has 0 amide bonds. The molecular weight excluding hydrogens is 445 g/mol. The topological polar surface area (TPSA) is 149 Å². The summed E-state index contributed by atoms with van der Waals surface area (Å²) in [6, 6.07) is 1.38. The largest absolute Gasteiger partial charge is 0.418 e. The molecule has 1 aromatic carbocycles. The molecule has 15 heteroatoms. The minimum atomic E-state index is -4.85. The first-order chi connectivity index (χ1) is 14.4. The molecule has 2 heterocycles. The number of aromatic amines is 1. The van der Waals surface area contributed by atoms with Gasteiger partial charge in [0.05, 0.1) is 22.2 Å². The van der Waals surface area contributed by atoms with Crippen molar-refractivity contribution in [3.8, 4) is 5.69 Å². The van der Waals surface area contributed by atoms with Crippen LogP contribution in [0.25, 0.3) is 16.6 Å². The number of carbonyl (C=O) groups excluding carboxylic acids is 1. The average molecular weight is 460 g/mol. The van der Waals surface area contributed by atoms with Gasteiger partial charge < -0.3 is 4.98 Å². The average Bonchev–Trinajstić information content (AvgIpc) is 3.18. The van der Waals surface area contributed by atoms with E-state index in [1.807, 2.05) is 4.98 Å². The number of alkyl halides is 3. The standard InChI is InChI=1S/C16H15F3N6O5S/c1-2-3-9(26)6-31(29,30)23-25-14(27)10-4-13(24-7-20-21-8-24)11(16(17,18)19)5-12(10)22-15(25)28/h4-5,7-8,23H,2-3,6H2,1H3,(H,22,28). The Hall–Kier alpha value is -3.49. The van der Waals surface area contributed by atoms with Crippen LogP contribution >= 0.6 is 0 Å². The van der Waals surface area contributed by atoms with Gasteiger partial charge in [0.1, 0.15) is 24.2 Å². The van der Waals surface area contributed by atoms with Crippen LogP contribution in [-0.2, 0) is 21.0 Å². The van der Waals surface area contributed by atoms with E-state index >= 15 is 0 Å². The van der Waals surface area contributed by atoms with Gasteiger partial charge in [-0.1, -0.05) is 6.92 Å². The van der Waals surface area contributed by atoms with Gasteiger partial charge in [-0.25, -0.2) is 18.0 Å². The van der Waals surface area contributed by atoms with Crippen LogP contribution in [0.4, 0.5) is 13.2 Å². The van der Waals surface area contributed by atoms with E-state index in [-0.39, 0.29) is 11.1 Å². The summed E-state index contributed by atoms with van der Waals surface area (Å²) in [5.74, 6) is -1.60. The van der Waals surface area contributed by atoms with E-state index in [9.17, 15) is 36.0 Å². The van der Waals surface area contributed by atoms with Crippen molar-refractivity contribution in [1.29, 1.82) is 0 Å². The molecule has 2 aromatic heterocycles. The second-order valence-electron chi connectivity index (χ2n) is 6.49. The number of hydrogen-bond donors (Lipinski definition) is 2. The highest BCUT2D eigenvalue weighted by atomic mass is 32.2. The van der Waals surface area contributed by atoms with E-state index in [2.05, 4.69) is 10.2 Å². The lowest BCUT2D eigenvalue weighted by Crippen LogP contribution is -2.45. The number of ketones is 1. The number of H-pyrrole nitrogens is 1. The predicted molar refractivity (Wildman–Crippen MR) is 102 cm³/mol. The lowest BCUT2D eigenvalue weighted by Gasteiger charge is -2.15. The van der Waals surface area contributed by atoms with Crippen LogP contribution in [0.15, 0.2) is 34.4 Å². The Bertz CT molecular complexity index is 1360. The van der Waals surface area contributed by atoms with Gasteiger partial charge in [-0.05, 0) is 18.6 Å². The molecule has 0 bridgehead atoms. The SMILES string of the molecule is CCCC(=O)CS(=O)(=O)Nn1c(=O)[nH]c2cc(C(F)(F)F)c(-n3cnnc3)cc2c1=O. The predicted octanol–water partition coefficient (Wildman–Crippen LogP) is 0.532. The van der Waals surface area contributed by atoms with Crippen LogP contribution in [0.2, 0.25) is 0 Å². The number of halogens is 3. The van der Waals surface area contributed by atoms with Gasteiger partial charge in [0.25, 0.3) is 15.6 Å². The van der Waals surface area contributed by atoms with Crippen molar-refractivity contribution in [2.45, 2.75) is 25.9 Å². The van der Waals surface area contributed by atoms with Gasteiger partial charge in [-0.15, -0.1) is 10.2 Å². The third kappa shape index (κ3) is 4.65. The first-order valence-corrected chi connectivity index (χ1v) is 10.4. The Morgan fingerprint density at radius 2 is 1.84 bits per heavy atom. The molecule has 3 aromatic rings. The quantitative estimate of drug-likeness (QED) is 0.522. The molecule has 0 spiro atoms. The summed E-state index contributed by atoms with van der Waals surface area (Å²) in [6.45, 7) is 1.67. The number of rotatable bonds is 7. The molecule has 0 aliphatic carbocycles. The van der Waals surface area contributed by atoms with Crippen molar-refractivity contribution in [1.82, 2.24) is 24.4 Å². The van der Waals surface area contributed by atoms with Crippen LogP contribution < -0.4 is 16.1 Å². The summed E-state index contributed by atoms with van der Waals surface area (Å²) >= 11 is 0. The smallest absolute Gasteiger partial charge is 0.305 e. The summed E-state index contributed by atoms with van der Waals surface area (Å²) in [7, 11) is -4.42. The fraction of sp³-hybridized carbons (Fsp3) is 0.312. The van der Waals surface area contributed by atoms with Crippen LogP contribution in [0.3, 0.4) is 0 Å². The molecule has 0 saturated carbocycles. The van der Waals surface area contributed by atoms with Gasteiger partial charge in [-0.3, -0.25) is 14.2 Å². The van der Waals surface area contributed by atoms with Crippen LogP contribution in [0, 0.1) is 0 Å². The Kier molecular flexibility index (Phi) is 5.71. The zero-order chi connectivity index (χ0) is 23.0. The Labute approximate surface area is 171 Å². The number of carbonyl (C=O) groups is 1. The Morgan fingerprint density at radius 1 is 1.19 bits per heavy atom. The molecule has 3 rings (SSSR count). The molecule has 0 aliphatic rings.